The highest BCUT2D eigenvalue weighted by atomic mass is 31.2. The van der Waals surface area contributed by atoms with E-state index < -0.39 is 0 Å². The second kappa shape index (κ2) is 3.59. The van der Waals surface area contributed by atoms with Crippen LogP contribution >= 0.6 is 8.37 Å². The second-order valence-corrected chi connectivity index (χ2v) is 6.16. The molecule has 0 aromatic heterocycles. The summed E-state index contributed by atoms with van der Waals surface area (Å²) in [5, 5.41) is 0. The fourth-order valence-electron chi connectivity index (χ4n) is 1.88. The summed E-state index contributed by atoms with van der Waals surface area (Å²) >= 11 is 0. The molecule has 70 valence electrons. The molecule has 2 aliphatic rings. The first-order valence-electron chi connectivity index (χ1n) is 4.76. The molecule has 0 bridgehead atoms. The molecule has 0 radical (unpaired) electrons. The summed E-state index contributed by atoms with van der Waals surface area (Å²) in [6.45, 7) is 5.21. The molecule has 0 atom stereocenters. The molecule has 0 N–H and O–H groups in total. The molecule has 0 aromatic carbocycles. The summed E-state index contributed by atoms with van der Waals surface area (Å²) in [5.41, 5.74) is 0. The van der Waals surface area contributed by atoms with Crippen LogP contribution in [-0.4, -0.2) is 54.3 Å². The van der Waals surface area contributed by atoms with Crippen molar-refractivity contribution >= 4 is 8.37 Å². The summed E-state index contributed by atoms with van der Waals surface area (Å²) < 4.78 is 7.67. The fourth-order valence-corrected chi connectivity index (χ4v) is 4.54. The van der Waals surface area contributed by atoms with E-state index in [1.165, 1.54) is 39.0 Å². The first-order valence-corrected chi connectivity index (χ1v) is 5.96. The maximum atomic E-state index is 2.62. The fraction of sp³-hybridized carbons (Fsp3) is 1.00. The van der Waals surface area contributed by atoms with Crippen molar-refractivity contribution in [3.8, 4) is 0 Å². The first-order chi connectivity index (χ1) is 5.79. The summed E-state index contributed by atoms with van der Waals surface area (Å²) in [6, 6.07) is 0. The van der Waals surface area contributed by atoms with Gasteiger partial charge in [-0.1, -0.05) is 0 Å². The van der Waals surface area contributed by atoms with E-state index in [0.717, 1.165) is 0 Å². The predicted molar refractivity (Wildman–Crippen MR) is 53.0 cm³/mol. The van der Waals surface area contributed by atoms with Crippen LogP contribution in [0, 0.1) is 0 Å². The van der Waals surface area contributed by atoms with Crippen LogP contribution in [0.4, 0.5) is 0 Å². The lowest BCUT2D eigenvalue weighted by Gasteiger charge is -2.48. The van der Waals surface area contributed by atoms with Crippen LogP contribution in [0.5, 0.6) is 0 Å². The molecule has 2 fully saturated rings. The highest BCUT2D eigenvalue weighted by molar-refractivity contribution is 7.50. The molecule has 0 spiro atoms. The highest BCUT2D eigenvalue weighted by Gasteiger charge is 2.32. The minimum Gasteiger partial charge on any atom is -0.260 e. The zero-order valence-corrected chi connectivity index (χ0v) is 8.93. The van der Waals surface area contributed by atoms with Crippen molar-refractivity contribution in [2.45, 2.75) is 12.8 Å². The Balaban J connectivity index is 1.97. The van der Waals surface area contributed by atoms with E-state index in [2.05, 4.69) is 28.1 Å². The van der Waals surface area contributed by atoms with Gasteiger partial charge in [0.25, 0.3) is 0 Å². The van der Waals surface area contributed by atoms with Gasteiger partial charge in [0.1, 0.15) is 8.37 Å². The predicted octanol–water partition coefficient (Wildman–Crippen LogP) is 1.19. The molecule has 3 nitrogen and oxygen atoms in total. The maximum absolute atomic E-state index is 2.62. The maximum Gasteiger partial charge on any atom is 0.119 e. The molecule has 0 unspecified atom stereocenters. The number of rotatable bonds is 1. The number of hydrogen-bond acceptors (Lipinski definition) is 3. The number of nitrogens with zero attached hydrogens (tertiary/aromatic N) is 3. The molecule has 2 heterocycles. The SMILES string of the molecule is CN1CCCN(C)P1N1CCC1. The second-order valence-electron chi connectivity index (χ2n) is 3.69. The van der Waals surface area contributed by atoms with Crippen LogP contribution in [0.25, 0.3) is 0 Å². The van der Waals surface area contributed by atoms with Gasteiger partial charge in [-0.15, -0.1) is 0 Å². The van der Waals surface area contributed by atoms with Gasteiger partial charge in [-0.05, 0) is 26.9 Å². The molecule has 2 aliphatic heterocycles. The Bertz CT molecular complexity index is 148. The minimum atomic E-state index is -0.0687. The minimum absolute atomic E-state index is 0.0687. The van der Waals surface area contributed by atoms with Crippen LogP contribution in [0.15, 0.2) is 0 Å². The normalized spacial score (nSPS) is 30.5. The zero-order chi connectivity index (χ0) is 8.55. The van der Waals surface area contributed by atoms with Crippen LogP contribution < -0.4 is 0 Å². The molecule has 4 heteroatoms. The smallest absolute Gasteiger partial charge is 0.119 e. The molecule has 0 aromatic rings. The largest absolute Gasteiger partial charge is 0.260 e. The average molecular weight is 187 g/mol. The van der Waals surface area contributed by atoms with E-state index in [1.807, 2.05) is 0 Å². The topological polar surface area (TPSA) is 9.72 Å². The van der Waals surface area contributed by atoms with Gasteiger partial charge in [0.2, 0.25) is 0 Å². The molecule has 0 aliphatic carbocycles. The lowest BCUT2D eigenvalue weighted by Crippen LogP contribution is -2.44. The molecular formula is C8H18N3P. The Kier molecular flexibility index (Phi) is 2.66. The van der Waals surface area contributed by atoms with Gasteiger partial charge in [-0.2, -0.15) is 0 Å². The van der Waals surface area contributed by atoms with Crippen molar-refractivity contribution in [1.82, 2.24) is 14.0 Å². The standard InChI is InChI=1S/C8H18N3P/c1-9-5-3-6-10(2)12(9)11-7-4-8-11/h3-8H2,1-2H3. The lowest BCUT2D eigenvalue weighted by atomic mass is 10.3. The Morgan fingerprint density at radius 3 is 1.75 bits per heavy atom. The monoisotopic (exact) mass is 187 g/mol. The molecule has 0 saturated carbocycles. The van der Waals surface area contributed by atoms with Crippen molar-refractivity contribution in [3.05, 3.63) is 0 Å². The van der Waals surface area contributed by atoms with Crippen molar-refractivity contribution in [1.29, 1.82) is 0 Å². The first kappa shape index (κ1) is 8.89. The lowest BCUT2D eigenvalue weighted by molar-refractivity contribution is 0.262. The van der Waals surface area contributed by atoms with Crippen molar-refractivity contribution < 1.29 is 0 Å². The summed E-state index contributed by atoms with van der Waals surface area (Å²) in [6.07, 6.45) is 2.74. The molecule has 0 amide bonds. The molecule has 2 rings (SSSR count). The third-order valence-corrected chi connectivity index (χ3v) is 5.19. The van der Waals surface area contributed by atoms with Gasteiger partial charge in [0, 0.05) is 26.2 Å². The van der Waals surface area contributed by atoms with Crippen LogP contribution in [-0.2, 0) is 0 Å². The van der Waals surface area contributed by atoms with Crippen molar-refractivity contribution in [2.75, 3.05) is 40.3 Å². The highest BCUT2D eigenvalue weighted by Crippen LogP contribution is 2.50. The van der Waals surface area contributed by atoms with Crippen LogP contribution in [0.2, 0.25) is 0 Å². The summed E-state index contributed by atoms with van der Waals surface area (Å²) in [5.74, 6) is 0. The molecule has 12 heavy (non-hydrogen) atoms. The van der Waals surface area contributed by atoms with E-state index in [1.54, 1.807) is 0 Å². The van der Waals surface area contributed by atoms with E-state index in [4.69, 9.17) is 0 Å². The van der Waals surface area contributed by atoms with Gasteiger partial charge in [0.05, 0.1) is 0 Å². The van der Waals surface area contributed by atoms with Gasteiger partial charge >= 0.3 is 0 Å². The third kappa shape index (κ3) is 1.51. The van der Waals surface area contributed by atoms with Gasteiger partial charge < -0.3 is 0 Å². The van der Waals surface area contributed by atoms with Gasteiger partial charge in [-0.3, -0.25) is 14.0 Å². The Morgan fingerprint density at radius 2 is 1.33 bits per heavy atom. The van der Waals surface area contributed by atoms with E-state index in [0.29, 0.717) is 0 Å². The van der Waals surface area contributed by atoms with E-state index in [-0.39, 0.29) is 8.37 Å². The average Bonchev–Trinajstić information content (AvgIpc) is 1.93. The number of hydrogen-bond donors (Lipinski definition) is 0. The molecule has 2 saturated heterocycles. The van der Waals surface area contributed by atoms with Crippen LogP contribution in [0.3, 0.4) is 0 Å². The summed E-state index contributed by atoms with van der Waals surface area (Å²) in [4.78, 5) is 0. The van der Waals surface area contributed by atoms with Crippen molar-refractivity contribution in [2.24, 2.45) is 0 Å². The Morgan fingerprint density at radius 1 is 0.833 bits per heavy atom. The van der Waals surface area contributed by atoms with E-state index >= 15 is 0 Å². The quantitative estimate of drug-likeness (QED) is 0.571. The zero-order valence-electron chi connectivity index (χ0n) is 8.03. The van der Waals surface area contributed by atoms with Crippen LogP contribution in [0.1, 0.15) is 12.8 Å². The third-order valence-electron chi connectivity index (χ3n) is 2.66. The Labute approximate surface area is 76.2 Å². The van der Waals surface area contributed by atoms with E-state index in [9.17, 15) is 0 Å². The molecular weight excluding hydrogens is 169 g/mol. The van der Waals surface area contributed by atoms with Gasteiger partial charge in [0.15, 0.2) is 0 Å². The van der Waals surface area contributed by atoms with Crippen molar-refractivity contribution in [3.63, 3.8) is 0 Å². The summed E-state index contributed by atoms with van der Waals surface area (Å²) in [7, 11) is 4.46. The van der Waals surface area contributed by atoms with Gasteiger partial charge in [-0.25, -0.2) is 0 Å². The Hall–Kier alpha value is 0.310.